The number of aromatic amines is 1. The van der Waals surface area contributed by atoms with Crippen molar-refractivity contribution < 1.29 is 4.79 Å². The van der Waals surface area contributed by atoms with E-state index in [1.165, 1.54) is 0 Å². The third-order valence-corrected chi connectivity index (χ3v) is 5.61. The van der Waals surface area contributed by atoms with Gasteiger partial charge in [-0.05, 0) is 23.3 Å². The van der Waals surface area contributed by atoms with E-state index in [-0.39, 0.29) is 24.0 Å². The zero-order valence-corrected chi connectivity index (χ0v) is 16.4. The van der Waals surface area contributed by atoms with Crippen molar-refractivity contribution in [3.05, 3.63) is 108 Å². The lowest BCUT2D eigenvalue weighted by Crippen LogP contribution is -2.35. The number of aromatic nitrogens is 1. The molecule has 2 N–H and O–H groups in total. The van der Waals surface area contributed by atoms with Crippen LogP contribution < -0.4 is 5.32 Å². The number of azo groups is 1. The lowest BCUT2D eigenvalue weighted by Gasteiger charge is -2.23. The van der Waals surface area contributed by atoms with Gasteiger partial charge in [0.1, 0.15) is 5.69 Å². The molecule has 5 rings (SSSR count). The Hall–Kier alpha value is -3.73. The Balaban J connectivity index is 1.40. The summed E-state index contributed by atoms with van der Waals surface area (Å²) in [7, 11) is 0. The van der Waals surface area contributed by atoms with E-state index in [0.717, 1.165) is 28.5 Å². The molecular formula is C25H22N4O. The van der Waals surface area contributed by atoms with Crippen molar-refractivity contribution in [3.8, 4) is 0 Å². The van der Waals surface area contributed by atoms with Gasteiger partial charge in [-0.2, -0.15) is 10.2 Å². The molecule has 0 aliphatic carbocycles. The number of carbonyl (C=O) groups is 1. The van der Waals surface area contributed by atoms with Crippen LogP contribution in [0.2, 0.25) is 0 Å². The molecule has 1 amide bonds. The third kappa shape index (κ3) is 3.62. The van der Waals surface area contributed by atoms with Crippen LogP contribution in [0.3, 0.4) is 0 Å². The molecule has 2 heterocycles. The number of nitrogens with one attached hydrogen (secondary N) is 2. The number of carbonyl (C=O) groups excluding carboxylic acids is 1. The summed E-state index contributed by atoms with van der Waals surface area (Å²) in [6.07, 6.45) is 0.760. The van der Waals surface area contributed by atoms with E-state index in [0.29, 0.717) is 5.69 Å². The molecule has 0 bridgehead atoms. The minimum absolute atomic E-state index is 0.0207. The van der Waals surface area contributed by atoms with Crippen molar-refractivity contribution >= 4 is 16.8 Å². The standard InChI is InChI=1S/C25H22N4O/c30-25(23-15-19-13-7-8-14-20(19)26-23)27-24(18-11-5-2-6-12-18)22-16-21(28-29-22)17-9-3-1-4-10-17/h1-15,21-22,24,26H,16H2,(H,27,30). The summed E-state index contributed by atoms with van der Waals surface area (Å²) < 4.78 is 0. The fraction of sp³-hybridized carbons (Fsp3) is 0.160. The van der Waals surface area contributed by atoms with Crippen molar-refractivity contribution in [1.29, 1.82) is 0 Å². The molecule has 5 nitrogen and oxygen atoms in total. The van der Waals surface area contributed by atoms with Gasteiger partial charge >= 0.3 is 0 Å². The molecule has 1 aliphatic heterocycles. The fourth-order valence-electron chi connectivity index (χ4n) is 4.05. The SMILES string of the molecule is O=C(NC(c1ccccc1)C1CC(c2ccccc2)N=N1)c1cc2ccccc2[nH]1. The van der Waals surface area contributed by atoms with Gasteiger partial charge < -0.3 is 10.3 Å². The minimum atomic E-state index is -0.248. The summed E-state index contributed by atoms with van der Waals surface area (Å²) in [6.45, 7) is 0. The van der Waals surface area contributed by atoms with Crippen molar-refractivity contribution in [2.75, 3.05) is 0 Å². The van der Waals surface area contributed by atoms with Crippen LogP contribution in [0.15, 0.2) is 101 Å². The molecule has 4 aromatic rings. The molecule has 0 radical (unpaired) electrons. The Labute approximate surface area is 174 Å². The normalized spacial score (nSPS) is 19.1. The van der Waals surface area contributed by atoms with Gasteiger partial charge in [0.2, 0.25) is 0 Å². The third-order valence-electron chi connectivity index (χ3n) is 5.61. The molecule has 0 saturated heterocycles. The molecule has 0 saturated carbocycles. The quantitative estimate of drug-likeness (QED) is 0.454. The summed E-state index contributed by atoms with van der Waals surface area (Å²) in [4.78, 5) is 16.3. The number of para-hydroxylation sites is 1. The van der Waals surface area contributed by atoms with Crippen LogP contribution in [-0.2, 0) is 0 Å². The maximum absolute atomic E-state index is 13.1. The first kappa shape index (κ1) is 18.3. The van der Waals surface area contributed by atoms with E-state index in [1.54, 1.807) is 0 Å². The number of benzene rings is 3. The molecule has 0 spiro atoms. The largest absolute Gasteiger partial charge is 0.351 e. The van der Waals surface area contributed by atoms with Crippen molar-refractivity contribution in [1.82, 2.24) is 10.3 Å². The first-order valence-electron chi connectivity index (χ1n) is 10.2. The molecule has 3 aromatic carbocycles. The van der Waals surface area contributed by atoms with E-state index in [2.05, 4.69) is 32.7 Å². The summed E-state index contributed by atoms with van der Waals surface area (Å²) in [5, 5.41) is 13.3. The number of nitrogens with zero attached hydrogens (tertiary/aromatic N) is 2. The average molecular weight is 394 g/mol. The van der Waals surface area contributed by atoms with Crippen LogP contribution in [-0.4, -0.2) is 16.9 Å². The Bertz CT molecular complexity index is 1150. The molecule has 3 atom stereocenters. The lowest BCUT2D eigenvalue weighted by atomic mass is 9.93. The maximum Gasteiger partial charge on any atom is 0.268 e. The van der Waals surface area contributed by atoms with E-state index >= 15 is 0 Å². The van der Waals surface area contributed by atoms with E-state index in [1.807, 2.05) is 78.9 Å². The number of amides is 1. The number of H-pyrrole nitrogens is 1. The molecule has 30 heavy (non-hydrogen) atoms. The average Bonchev–Trinajstić information content (AvgIpc) is 3.46. The van der Waals surface area contributed by atoms with Gasteiger partial charge in [0.15, 0.2) is 0 Å². The van der Waals surface area contributed by atoms with Gasteiger partial charge in [0, 0.05) is 17.3 Å². The second kappa shape index (κ2) is 7.95. The summed E-state index contributed by atoms with van der Waals surface area (Å²) in [5.74, 6) is -0.140. The molecule has 148 valence electrons. The van der Waals surface area contributed by atoms with Crippen LogP contribution in [0, 0.1) is 0 Å². The highest BCUT2D eigenvalue weighted by Crippen LogP contribution is 2.36. The Morgan fingerprint density at radius 3 is 2.37 bits per heavy atom. The predicted octanol–water partition coefficient (Wildman–Crippen LogP) is 5.60. The molecule has 5 heteroatoms. The lowest BCUT2D eigenvalue weighted by molar-refractivity contribution is 0.0926. The van der Waals surface area contributed by atoms with Gasteiger partial charge in [-0.25, -0.2) is 0 Å². The van der Waals surface area contributed by atoms with Gasteiger partial charge in [0.25, 0.3) is 5.91 Å². The van der Waals surface area contributed by atoms with E-state index in [4.69, 9.17) is 0 Å². The maximum atomic E-state index is 13.1. The second-order valence-corrected chi connectivity index (χ2v) is 7.59. The molecule has 0 fully saturated rings. The number of rotatable bonds is 5. The number of hydrogen-bond donors (Lipinski definition) is 2. The van der Waals surface area contributed by atoms with Gasteiger partial charge in [-0.3, -0.25) is 4.79 Å². The Morgan fingerprint density at radius 2 is 1.60 bits per heavy atom. The minimum Gasteiger partial charge on any atom is -0.351 e. The van der Waals surface area contributed by atoms with Crippen LogP contribution in [0.1, 0.15) is 40.1 Å². The fourth-order valence-corrected chi connectivity index (χ4v) is 4.05. The highest BCUT2D eigenvalue weighted by Gasteiger charge is 2.32. The Morgan fingerprint density at radius 1 is 0.900 bits per heavy atom. The van der Waals surface area contributed by atoms with E-state index < -0.39 is 0 Å². The molecule has 1 aromatic heterocycles. The van der Waals surface area contributed by atoms with Gasteiger partial charge in [-0.1, -0.05) is 78.9 Å². The molecule has 1 aliphatic rings. The zero-order valence-electron chi connectivity index (χ0n) is 16.4. The van der Waals surface area contributed by atoms with Crippen molar-refractivity contribution in [2.24, 2.45) is 10.2 Å². The second-order valence-electron chi connectivity index (χ2n) is 7.59. The van der Waals surface area contributed by atoms with Crippen LogP contribution in [0.25, 0.3) is 10.9 Å². The smallest absolute Gasteiger partial charge is 0.268 e. The zero-order chi connectivity index (χ0) is 20.3. The monoisotopic (exact) mass is 394 g/mol. The summed E-state index contributed by atoms with van der Waals surface area (Å²) >= 11 is 0. The van der Waals surface area contributed by atoms with E-state index in [9.17, 15) is 4.79 Å². The van der Waals surface area contributed by atoms with Crippen molar-refractivity contribution in [3.63, 3.8) is 0 Å². The molecule has 3 unspecified atom stereocenters. The van der Waals surface area contributed by atoms with Crippen LogP contribution in [0.5, 0.6) is 0 Å². The highest BCUT2D eigenvalue weighted by molar-refractivity contribution is 5.98. The first-order chi connectivity index (χ1) is 14.8. The highest BCUT2D eigenvalue weighted by atomic mass is 16.2. The number of fused-ring (bicyclic) bond motifs is 1. The predicted molar refractivity (Wildman–Crippen MR) is 117 cm³/mol. The first-order valence-corrected chi connectivity index (χ1v) is 10.2. The van der Waals surface area contributed by atoms with Crippen molar-refractivity contribution in [2.45, 2.75) is 24.5 Å². The van der Waals surface area contributed by atoms with Crippen LogP contribution in [0.4, 0.5) is 0 Å². The Kier molecular flexibility index (Phi) is 4.85. The van der Waals surface area contributed by atoms with Crippen LogP contribution >= 0.6 is 0 Å². The topological polar surface area (TPSA) is 69.6 Å². The van der Waals surface area contributed by atoms with Gasteiger partial charge in [0.05, 0.1) is 18.1 Å². The molecular weight excluding hydrogens is 372 g/mol. The van der Waals surface area contributed by atoms with Gasteiger partial charge in [-0.15, -0.1) is 0 Å². The summed E-state index contributed by atoms with van der Waals surface area (Å²) in [5.41, 5.74) is 3.67. The summed E-state index contributed by atoms with van der Waals surface area (Å²) in [6, 6.07) is 29.6. The number of hydrogen-bond acceptors (Lipinski definition) is 3.